The average Bonchev–Trinajstić information content (AvgIpc) is 2.36. The molecular formula is C14H22N2O2. The van der Waals surface area contributed by atoms with Gasteiger partial charge in [0, 0.05) is 18.2 Å². The SMILES string of the molecule is COc1ccccc1CNC(=O)CN(C)C(C)C. The summed E-state index contributed by atoms with van der Waals surface area (Å²) in [5, 5.41) is 2.90. The molecule has 0 unspecified atom stereocenters. The number of carbonyl (C=O) groups is 1. The minimum atomic E-state index is 0.0251. The Morgan fingerprint density at radius 3 is 2.67 bits per heavy atom. The molecule has 1 aromatic carbocycles. The molecule has 0 aromatic heterocycles. The van der Waals surface area contributed by atoms with Gasteiger partial charge in [-0.25, -0.2) is 0 Å². The van der Waals surface area contributed by atoms with Crippen LogP contribution in [0.2, 0.25) is 0 Å². The summed E-state index contributed by atoms with van der Waals surface area (Å²) in [7, 11) is 3.57. The van der Waals surface area contributed by atoms with E-state index in [0.717, 1.165) is 11.3 Å². The van der Waals surface area contributed by atoms with E-state index in [1.54, 1.807) is 7.11 Å². The van der Waals surface area contributed by atoms with E-state index >= 15 is 0 Å². The number of likely N-dealkylation sites (N-methyl/N-ethyl adjacent to an activating group) is 1. The predicted molar refractivity (Wildman–Crippen MR) is 72.6 cm³/mol. The number of nitrogens with one attached hydrogen (secondary N) is 1. The second-order valence-corrected chi connectivity index (χ2v) is 4.60. The third-order valence-corrected chi connectivity index (χ3v) is 2.94. The lowest BCUT2D eigenvalue weighted by molar-refractivity contribution is -0.122. The van der Waals surface area contributed by atoms with Gasteiger partial charge in [0.1, 0.15) is 5.75 Å². The van der Waals surface area contributed by atoms with Crippen molar-refractivity contribution in [2.24, 2.45) is 0 Å². The summed E-state index contributed by atoms with van der Waals surface area (Å²) in [6, 6.07) is 8.05. The molecule has 1 aromatic rings. The Morgan fingerprint density at radius 1 is 1.39 bits per heavy atom. The van der Waals surface area contributed by atoms with Crippen molar-refractivity contribution in [3.8, 4) is 5.75 Å². The van der Waals surface area contributed by atoms with Crippen molar-refractivity contribution < 1.29 is 9.53 Å². The Kier molecular flexibility index (Phi) is 5.65. The van der Waals surface area contributed by atoms with Crippen LogP contribution < -0.4 is 10.1 Å². The topological polar surface area (TPSA) is 41.6 Å². The molecule has 0 heterocycles. The highest BCUT2D eigenvalue weighted by molar-refractivity contribution is 5.78. The Labute approximate surface area is 109 Å². The monoisotopic (exact) mass is 250 g/mol. The quantitative estimate of drug-likeness (QED) is 0.834. The van der Waals surface area contributed by atoms with Crippen LogP contribution in [0.3, 0.4) is 0 Å². The van der Waals surface area contributed by atoms with Crippen LogP contribution in [0.15, 0.2) is 24.3 Å². The second kappa shape index (κ2) is 7.01. The molecule has 0 aliphatic carbocycles. The summed E-state index contributed by atoms with van der Waals surface area (Å²) >= 11 is 0. The number of ether oxygens (including phenoxy) is 1. The maximum Gasteiger partial charge on any atom is 0.234 e. The standard InChI is InChI=1S/C14H22N2O2/c1-11(2)16(3)10-14(17)15-9-12-7-5-6-8-13(12)18-4/h5-8,11H,9-10H2,1-4H3,(H,15,17). The molecule has 0 fully saturated rings. The first-order valence-corrected chi connectivity index (χ1v) is 6.13. The first kappa shape index (κ1) is 14.5. The first-order chi connectivity index (χ1) is 8.54. The van der Waals surface area contributed by atoms with Crippen molar-refractivity contribution in [1.82, 2.24) is 10.2 Å². The summed E-state index contributed by atoms with van der Waals surface area (Å²) in [4.78, 5) is 13.7. The van der Waals surface area contributed by atoms with E-state index in [-0.39, 0.29) is 5.91 Å². The fourth-order valence-corrected chi connectivity index (χ4v) is 1.51. The predicted octanol–water partition coefficient (Wildman–Crippen LogP) is 1.65. The zero-order valence-electron chi connectivity index (χ0n) is 11.6. The average molecular weight is 250 g/mol. The number of carbonyl (C=O) groups excluding carboxylic acids is 1. The molecule has 0 radical (unpaired) electrons. The summed E-state index contributed by atoms with van der Waals surface area (Å²) in [6.45, 7) is 5.03. The first-order valence-electron chi connectivity index (χ1n) is 6.13. The van der Waals surface area contributed by atoms with Gasteiger partial charge in [-0.05, 0) is 27.0 Å². The third kappa shape index (κ3) is 4.37. The summed E-state index contributed by atoms with van der Waals surface area (Å²) in [5.74, 6) is 0.826. The summed E-state index contributed by atoms with van der Waals surface area (Å²) < 4.78 is 5.24. The molecule has 18 heavy (non-hydrogen) atoms. The minimum Gasteiger partial charge on any atom is -0.496 e. The van der Waals surface area contributed by atoms with Crippen molar-refractivity contribution in [1.29, 1.82) is 0 Å². The molecule has 0 atom stereocenters. The van der Waals surface area contributed by atoms with Gasteiger partial charge >= 0.3 is 0 Å². The molecule has 4 heteroatoms. The normalized spacial score (nSPS) is 10.8. The van der Waals surface area contributed by atoms with Crippen LogP contribution in [-0.2, 0) is 11.3 Å². The third-order valence-electron chi connectivity index (χ3n) is 2.94. The van der Waals surface area contributed by atoms with Crippen molar-refractivity contribution >= 4 is 5.91 Å². The lowest BCUT2D eigenvalue weighted by Crippen LogP contribution is -2.38. The number of amides is 1. The Hall–Kier alpha value is -1.55. The van der Waals surface area contributed by atoms with Crippen LogP contribution in [0, 0.1) is 0 Å². The van der Waals surface area contributed by atoms with Crippen LogP contribution in [0.25, 0.3) is 0 Å². The summed E-state index contributed by atoms with van der Waals surface area (Å²) in [5.41, 5.74) is 0.987. The number of hydrogen-bond donors (Lipinski definition) is 1. The minimum absolute atomic E-state index is 0.0251. The molecular weight excluding hydrogens is 228 g/mol. The second-order valence-electron chi connectivity index (χ2n) is 4.60. The lowest BCUT2D eigenvalue weighted by Gasteiger charge is -2.20. The number of para-hydroxylation sites is 1. The molecule has 0 saturated carbocycles. The van der Waals surface area contributed by atoms with Gasteiger partial charge in [0.25, 0.3) is 0 Å². The number of rotatable bonds is 6. The highest BCUT2D eigenvalue weighted by Crippen LogP contribution is 2.16. The molecule has 0 bridgehead atoms. The molecule has 100 valence electrons. The van der Waals surface area contributed by atoms with Crippen molar-refractivity contribution in [2.75, 3.05) is 20.7 Å². The molecule has 0 saturated heterocycles. The Balaban J connectivity index is 2.47. The van der Waals surface area contributed by atoms with Crippen LogP contribution >= 0.6 is 0 Å². The lowest BCUT2D eigenvalue weighted by atomic mass is 10.2. The van der Waals surface area contributed by atoms with Crippen LogP contribution in [0.5, 0.6) is 5.75 Å². The maximum absolute atomic E-state index is 11.7. The van der Waals surface area contributed by atoms with Gasteiger partial charge in [-0.2, -0.15) is 0 Å². The van der Waals surface area contributed by atoms with Gasteiger partial charge in [-0.15, -0.1) is 0 Å². The zero-order chi connectivity index (χ0) is 13.5. The molecule has 0 spiro atoms. The fraction of sp³-hybridized carbons (Fsp3) is 0.500. The van der Waals surface area contributed by atoms with Gasteiger partial charge in [0.05, 0.1) is 13.7 Å². The van der Waals surface area contributed by atoms with Gasteiger partial charge in [0.2, 0.25) is 5.91 Å². The van der Waals surface area contributed by atoms with Crippen molar-refractivity contribution in [3.63, 3.8) is 0 Å². The molecule has 1 rings (SSSR count). The smallest absolute Gasteiger partial charge is 0.234 e. The van der Waals surface area contributed by atoms with Gasteiger partial charge < -0.3 is 10.1 Å². The van der Waals surface area contributed by atoms with Gasteiger partial charge in [-0.3, -0.25) is 9.69 Å². The molecule has 0 aliphatic heterocycles. The maximum atomic E-state index is 11.7. The van der Waals surface area contributed by atoms with Crippen LogP contribution in [0.1, 0.15) is 19.4 Å². The van der Waals surface area contributed by atoms with E-state index in [1.807, 2.05) is 36.2 Å². The van der Waals surface area contributed by atoms with Gasteiger partial charge in [-0.1, -0.05) is 18.2 Å². The zero-order valence-corrected chi connectivity index (χ0v) is 11.6. The van der Waals surface area contributed by atoms with E-state index in [4.69, 9.17) is 4.74 Å². The van der Waals surface area contributed by atoms with Gasteiger partial charge in [0.15, 0.2) is 0 Å². The van der Waals surface area contributed by atoms with E-state index in [2.05, 4.69) is 19.2 Å². The molecule has 1 N–H and O–H groups in total. The summed E-state index contributed by atoms with van der Waals surface area (Å²) in [6.07, 6.45) is 0. The Morgan fingerprint density at radius 2 is 2.06 bits per heavy atom. The van der Waals surface area contributed by atoms with E-state index < -0.39 is 0 Å². The fourth-order valence-electron chi connectivity index (χ4n) is 1.51. The molecule has 1 amide bonds. The Bertz CT molecular complexity index is 391. The van der Waals surface area contributed by atoms with E-state index in [1.165, 1.54) is 0 Å². The van der Waals surface area contributed by atoms with Crippen molar-refractivity contribution in [3.05, 3.63) is 29.8 Å². The highest BCUT2D eigenvalue weighted by atomic mass is 16.5. The highest BCUT2D eigenvalue weighted by Gasteiger charge is 2.09. The molecule has 4 nitrogen and oxygen atoms in total. The van der Waals surface area contributed by atoms with Crippen LogP contribution in [0.4, 0.5) is 0 Å². The largest absolute Gasteiger partial charge is 0.496 e. The number of nitrogens with zero attached hydrogens (tertiary/aromatic N) is 1. The number of hydrogen-bond acceptors (Lipinski definition) is 3. The van der Waals surface area contributed by atoms with E-state index in [9.17, 15) is 4.79 Å². The van der Waals surface area contributed by atoms with E-state index in [0.29, 0.717) is 19.1 Å². The number of methoxy groups -OCH3 is 1. The van der Waals surface area contributed by atoms with Crippen LogP contribution in [-0.4, -0.2) is 37.6 Å². The molecule has 0 aliphatic rings. The van der Waals surface area contributed by atoms with Crippen molar-refractivity contribution in [2.45, 2.75) is 26.4 Å². The number of benzene rings is 1.